The zero-order valence-electron chi connectivity index (χ0n) is 6.92. The molecule has 1 aromatic carbocycles. The van der Waals surface area contributed by atoms with Crippen molar-refractivity contribution >= 4 is 21.6 Å². The van der Waals surface area contributed by atoms with Gasteiger partial charge in [0, 0.05) is 17.2 Å². The van der Waals surface area contributed by atoms with E-state index in [0.717, 1.165) is 10.2 Å². The molecule has 0 heterocycles. The van der Waals surface area contributed by atoms with E-state index in [4.69, 9.17) is 5.84 Å². The van der Waals surface area contributed by atoms with E-state index >= 15 is 0 Å². The van der Waals surface area contributed by atoms with E-state index in [0.29, 0.717) is 6.67 Å². The first kappa shape index (κ1) is 9.51. The fourth-order valence-electron chi connectivity index (χ4n) is 0.924. The van der Waals surface area contributed by atoms with Gasteiger partial charge in [-0.05, 0) is 24.3 Å². The SMILES string of the molecule is CN(CNN)c1ccc(Br)cc1. The van der Waals surface area contributed by atoms with Crippen LogP contribution in [0.2, 0.25) is 0 Å². The number of benzene rings is 1. The van der Waals surface area contributed by atoms with Crippen LogP contribution in [0.5, 0.6) is 0 Å². The molecule has 0 amide bonds. The highest BCUT2D eigenvalue weighted by atomic mass is 79.9. The first-order chi connectivity index (χ1) is 5.74. The monoisotopic (exact) mass is 229 g/mol. The normalized spacial score (nSPS) is 9.92. The van der Waals surface area contributed by atoms with Crippen molar-refractivity contribution in [2.45, 2.75) is 0 Å². The lowest BCUT2D eigenvalue weighted by Gasteiger charge is -2.18. The molecule has 12 heavy (non-hydrogen) atoms. The number of nitrogens with one attached hydrogen (secondary N) is 1. The summed E-state index contributed by atoms with van der Waals surface area (Å²) in [6.45, 7) is 0.641. The third-order valence-electron chi connectivity index (χ3n) is 1.60. The van der Waals surface area contributed by atoms with Gasteiger partial charge < -0.3 is 4.90 Å². The Morgan fingerprint density at radius 3 is 2.50 bits per heavy atom. The van der Waals surface area contributed by atoms with Gasteiger partial charge in [-0.1, -0.05) is 15.9 Å². The number of nitrogens with zero attached hydrogens (tertiary/aromatic N) is 1. The van der Waals surface area contributed by atoms with Crippen molar-refractivity contribution < 1.29 is 0 Å². The second-order valence-corrected chi connectivity index (χ2v) is 3.45. The number of hydrazine groups is 1. The molecule has 0 radical (unpaired) electrons. The first-order valence-electron chi connectivity index (χ1n) is 3.64. The Kier molecular flexibility index (Phi) is 3.52. The Bertz CT molecular complexity index is 235. The van der Waals surface area contributed by atoms with E-state index in [1.165, 1.54) is 0 Å². The molecule has 0 aromatic heterocycles. The minimum atomic E-state index is 0.641. The molecule has 0 fully saturated rings. The van der Waals surface area contributed by atoms with Crippen molar-refractivity contribution in [3.63, 3.8) is 0 Å². The molecule has 0 aliphatic heterocycles. The molecule has 1 aromatic rings. The van der Waals surface area contributed by atoms with Crippen molar-refractivity contribution in [1.29, 1.82) is 0 Å². The summed E-state index contributed by atoms with van der Waals surface area (Å²) in [5.41, 5.74) is 3.73. The predicted octanol–water partition coefficient (Wildman–Crippen LogP) is 1.31. The molecule has 0 unspecified atom stereocenters. The molecule has 0 saturated carbocycles. The summed E-state index contributed by atoms with van der Waals surface area (Å²) >= 11 is 3.37. The fourth-order valence-corrected chi connectivity index (χ4v) is 1.19. The van der Waals surface area contributed by atoms with Crippen molar-refractivity contribution in [3.05, 3.63) is 28.7 Å². The van der Waals surface area contributed by atoms with Crippen LogP contribution in [0.3, 0.4) is 0 Å². The molecule has 1 rings (SSSR count). The average molecular weight is 230 g/mol. The Morgan fingerprint density at radius 2 is 2.00 bits per heavy atom. The van der Waals surface area contributed by atoms with Crippen molar-refractivity contribution in [2.24, 2.45) is 5.84 Å². The van der Waals surface area contributed by atoms with E-state index in [2.05, 4.69) is 21.4 Å². The van der Waals surface area contributed by atoms with Crippen LogP contribution in [0.4, 0.5) is 5.69 Å². The number of anilines is 1. The number of rotatable bonds is 3. The van der Waals surface area contributed by atoms with Gasteiger partial charge in [0.05, 0.1) is 6.67 Å². The van der Waals surface area contributed by atoms with Gasteiger partial charge in [0.25, 0.3) is 0 Å². The molecular weight excluding hydrogens is 218 g/mol. The topological polar surface area (TPSA) is 41.3 Å². The van der Waals surface area contributed by atoms with Crippen molar-refractivity contribution in [3.8, 4) is 0 Å². The highest BCUT2D eigenvalue weighted by molar-refractivity contribution is 9.10. The van der Waals surface area contributed by atoms with E-state index < -0.39 is 0 Å². The lowest BCUT2D eigenvalue weighted by Crippen LogP contribution is -2.35. The van der Waals surface area contributed by atoms with Gasteiger partial charge >= 0.3 is 0 Å². The maximum absolute atomic E-state index is 5.20. The first-order valence-corrected chi connectivity index (χ1v) is 4.43. The Hall–Kier alpha value is -0.580. The standard InChI is InChI=1S/C8H12BrN3/c1-12(6-11-10)8-4-2-7(9)3-5-8/h2-5,11H,6,10H2,1H3. The average Bonchev–Trinajstić information content (AvgIpc) is 2.06. The number of halogens is 1. The van der Waals surface area contributed by atoms with Crippen LogP contribution in [0.25, 0.3) is 0 Å². The summed E-state index contributed by atoms with van der Waals surface area (Å²) in [5, 5.41) is 0. The van der Waals surface area contributed by atoms with Gasteiger partial charge in [0.2, 0.25) is 0 Å². The van der Waals surface area contributed by atoms with Crippen LogP contribution in [0, 0.1) is 0 Å². The van der Waals surface area contributed by atoms with Gasteiger partial charge in [0.15, 0.2) is 0 Å². The molecule has 0 bridgehead atoms. The van der Waals surface area contributed by atoms with Gasteiger partial charge in [-0.3, -0.25) is 5.84 Å². The zero-order chi connectivity index (χ0) is 8.97. The molecule has 0 aliphatic rings. The minimum Gasteiger partial charge on any atom is -0.361 e. The summed E-state index contributed by atoms with van der Waals surface area (Å²) in [6.07, 6.45) is 0. The van der Waals surface area contributed by atoms with Crippen LogP contribution in [-0.4, -0.2) is 13.7 Å². The lowest BCUT2D eigenvalue weighted by molar-refractivity contribution is 0.718. The summed E-state index contributed by atoms with van der Waals surface area (Å²) in [7, 11) is 1.98. The Labute approximate surface area is 80.6 Å². The largest absolute Gasteiger partial charge is 0.361 e. The third-order valence-corrected chi connectivity index (χ3v) is 2.12. The summed E-state index contributed by atoms with van der Waals surface area (Å²) in [6, 6.07) is 8.06. The zero-order valence-corrected chi connectivity index (χ0v) is 8.51. The molecule has 66 valence electrons. The number of hydrogen-bond acceptors (Lipinski definition) is 3. The van der Waals surface area contributed by atoms with Gasteiger partial charge in [-0.25, -0.2) is 5.43 Å². The van der Waals surface area contributed by atoms with E-state index in [-0.39, 0.29) is 0 Å². The minimum absolute atomic E-state index is 0.641. The van der Waals surface area contributed by atoms with Crippen LogP contribution in [-0.2, 0) is 0 Å². The molecule has 3 nitrogen and oxygen atoms in total. The number of nitrogens with two attached hydrogens (primary N) is 1. The molecule has 0 spiro atoms. The fraction of sp³-hybridized carbons (Fsp3) is 0.250. The van der Waals surface area contributed by atoms with Gasteiger partial charge in [-0.2, -0.15) is 0 Å². The maximum Gasteiger partial charge on any atom is 0.0805 e. The molecular formula is C8H12BrN3. The molecule has 3 N–H and O–H groups in total. The summed E-state index contributed by atoms with van der Waals surface area (Å²) in [5.74, 6) is 5.20. The quantitative estimate of drug-likeness (QED) is 0.467. The maximum atomic E-state index is 5.20. The second-order valence-electron chi connectivity index (χ2n) is 2.54. The van der Waals surface area contributed by atoms with Crippen LogP contribution in [0.15, 0.2) is 28.7 Å². The lowest BCUT2D eigenvalue weighted by atomic mass is 10.3. The third kappa shape index (κ3) is 2.48. The van der Waals surface area contributed by atoms with E-state index in [9.17, 15) is 0 Å². The Morgan fingerprint density at radius 1 is 1.42 bits per heavy atom. The molecule has 0 saturated heterocycles. The summed E-state index contributed by atoms with van der Waals surface area (Å²) < 4.78 is 1.08. The highest BCUT2D eigenvalue weighted by Gasteiger charge is 1.97. The highest BCUT2D eigenvalue weighted by Crippen LogP contribution is 2.16. The van der Waals surface area contributed by atoms with Crippen LogP contribution >= 0.6 is 15.9 Å². The molecule has 0 atom stereocenters. The van der Waals surface area contributed by atoms with E-state index in [1.54, 1.807) is 0 Å². The second kappa shape index (κ2) is 4.45. The van der Waals surface area contributed by atoms with Crippen LogP contribution in [0.1, 0.15) is 0 Å². The molecule has 0 aliphatic carbocycles. The Balaban J connectivity index is 2.68. The number of hydrogen-bond donors (Lipinski definition) is 2. The molecule has 4 heteroatoms. The van der Waals surface area contributed by atoms with Crippen molar-refractivity contribution in [2.75, 3.05) is 18.6 Å². The van der Waals surface area contributed by atoms with Crippen LogP contribution < -0.4 is 16.2 Å². The van der Waals surface area contributed by atoms with Gasteiger partial charge in [0.1, 0.15) is 0 Å². The van der Waals surface area contributed by atoms with Crippen molar-refractivity contribution in [1.82, 2.24) is 5.43 Å². The van der Waals surface area contributed by atoms with Gasteiger partial charge in [-0.15, -0.1) is 0 Å². The smallest absolute Gasteiger partial charge is 0.0805 e. The van der Waals surface area contributed by atoms with E-state index in [1.807, 2.05) is 36.2 Å². The predicted molar refractivity (Wildman–Crippen MR) is 54.7 cm³/mol. The summed E-state index contributed by atoms with van der Waals surface area (Å²) in [4.78, 5) is 2.02.